The fraction of sp³-hybridized carbons (Fsp3) is 0.350. The summed E-state index contributed by atoms with van der Waals surface area (Å²) >= 11 is 0. The Balaban J connectivity index is 1.10. The number of pyridine rings is 1. The van der Waals surface area contributed by atoms with Gasteiger partial charge in [0.25, 0.3) is 0 Å². The number of rotatable bonds is 10. The molecule has 276 valence electrons. The molecule has 0 spiro atoms. The first kappa shape index (κ1) is 36.1. The second-order valence-electron chi connectivity index (χ2n) is 14.0. The van der Waals surface area contributed by atoms with E-state index in [0.29, 0.717) is 59.7 Å². The summed E-state index contributed by atoms with van der Waals surface area (Å²) in [5.74, 6) is 0.641. The minimum absolute atomic E-state index is 0.0919. The third-order valence-electron chi connectivity index (χ3n) is 9.89. The van der Waals surface area contributed by atoms with Crippen molar-refractivity contribution in [1.82, 2.24) is 19.9 Å². The van der Waals surface area contributed by atoms with Gasteiger partial charge in [-0.05, 0) is 73.6 Å². The molecule has 0 unspecified atom stereocenters. The number of carbonyl (C=O) groups is 1. The predicted molar refractivity (Wildman–Crippen MR) is 203 cm³/mol. The number of anilines is 2. The molecule has 2 aliphatic rings. The number of fused-ring (bicyclic) bond motifs is 1. The van der Waals surface area contributed by atoms with Gasteiger partial charge in [0.2, 0.25) is 21.9 Å². The normalized spacial score (nSPS) is 18.1. The van der Waals surface area contributed by atoms with Crippen molar-refractivity contribution < 1.29 is 27.1 Å². The first-order chi connectivity index (χ1) is 25.6. The maximum absolute atomic E-state index is 15.3. The number of hydrogen-bond acceptors (Lipinski definition) is 9. The Morgan fingerprint density at radius 3 is 2.53 bits per heavy atom. The topological polar surface area (TPSA) is 136 Å². The van der Waals surface area contributed by atoms with Crippen LogP contribution in [0.5, 0.6) is 11.6 Å². The molecule has 1 aliphatic heterocycles. The molecule has 1 saturated heterocycles. The molecule has 13 heteroatoms. The van der Waals surface area contributed by atoms with E-state index in [1.54, 1.807) is 47.6 Å². The number of aromatic nitrogens is 3. The molecular weight excluding hydrogens is 696 g/mol. The monoisotopic (exact) mass is 738 g/mol. The zero-order valence-electron chi connectivity index (χ0n) is 29.8. The largest absolute Gasteiger partial charge is 0.445 e. The van der Waals surface area contributed by atoms with Gasteiger partial charge in [-0.3, -0.25) is 4.72 Å². The van der Waals surface area contributed by atoms with Crippen LogP contribution in [0.3, 0.4) is 0 Å². The highest BCUT2D eigenvalue weighted by Crippen LogP contribution is 2.40. The van der Waals surface area contributed by atoms with Crippen LogP contribution < -0.4 is 14.8 Å². The number of amides is 1. The van der Waals surface area contributed by atoms with Gasteiger partial charge in [-0.1, -0.05) is 68.7 Å². The van der Waals surface area contributed by atoms with Gasteiger partial charge < -0.3 is 19.7 Å². The zero-order chi connectivity index (χ0) is 37.0. The lowest BCUT2D eigenvalue weighted by atomic mass is 9.96. The molecule has 7 rings (SSSR count). The molecule has 2 aromatic heterocycles. The Morgan fingerprint density at radius 2 is 1.72 bits per heavy atom. The molecule has 2 fully saturated rings. The number of benzene rings is 3. The fourth-order valence-electron chi connectivity index (χ4n) is 7.24. The van der Waals surface area contributed by atoms with Crippen LogP contribution in [-0.4, -0.2) is 58.7 Å². The van der Waals surface area contributed by atoms with Crippen molar-refractivity contribution in [2.24, 2.45) is 5.92 Å². The second kappa shape index (κ2) is 15.7. The fourth-order valence-corrected chi connectivity index (χ4v) is 8.85. The summed E-state index contributed by atoms with van der Waals surface area (Å²) in [6, 6.07) is 21.2. The summed E-state index contributed by atoms with van der Waals surface area (Å²) in [7, 11) is -3.80. The summed E-state index contributed by atoms with van der Waals surface area (Å²) in [5, 5.41) is 3.77. The zero-order valence-corrected chi connectivity index (χ0v) is 30.6. The van der Waals surface area contributed by atoms with E-state index < -0.39 is 21.1 Å². The van der Waals surface area contributed by atoms with Crippen LogP contribution in [0.15, 0.2) is 85.2 Å². The Bertz CT molecular complexity index is 2200. The first-order valence-electron chi connectivity index (χ1n) is 18.1. The van der Waals surface area contributed by atoms with Gasteiger partial charge in [0.15, 0.2) is 0 Å². The van der Waals surface area contributed by atoms with Crippen LogP contribution in [0.2, 0.25) is 0 Å². The second-order valence-corrected chi connectivity index (χ2v) is 15.9. The summed E-state index contributed by atoms with van der Waals surface area (Å²) in [5.41, 5.74) is 2.74. The van der Waals surface area contributed by atoms with Crippen molar-refractivity contribution in [3.63, 3.8) is 0 Å². The van der Waals surface area contributed by atoms with Crippen LogP contribution in [0, 0.1) is 18.7 Å². The third-order valence-corrected chi connectivity index (χ3v) is 11.7. The lowest BCUT2D eigenvalue weighted by molar-refractivity contribution is 0.0783. The van der Waals surface area contributed by atoms with Crippen molar-refractivity contribution in [2.75, 3.05) is 23.1 Å². The van der Waals surface area contributed by atoms with Gasteiger partial charge in [-0.2, -0.15) is 0 Å². The highest BCUT2D eigenvalue weighted by molar-refractivity contribution is 7.93. The maximum Gasteiger partial charge on any atom is 0.410 e. The number of piperidine rings is 1. The summed E-state index contributed by atoms with van der Waals surface area (Å²) < 4.78 is 56.7. The van der Waals surface area contributed by atoms with Crippen molar-refractivity contribution in [1.29, 1.82) is 0 Å². The molecule has 0 radical (unpaired) electrons. The van der Waals surface area contributed by atoms with E-state index in [4.69, 9.17) is 14.5 Å². The van der Waals surface area contributed by atoms with E-state index in [-0.39, 0.29) is 36.2 Å². The lowest BCUT2D eigenvalue weighted by Gasteiger charge is -2.36. The molecular formula is C40H43FN6O5S. The quantitative estimate of drug-likeness (QED) is 0.145. The molecule has 2 N–H and O–H groups in total. The smallest absolute Gasteiger partial charge is 0.410 e. The number of aryl methyl sites for hydroxylation is 1. The van der Waals surface area contributed by atoms with Crippen molar-refractivity contribution in [2.45, 2.75) is 70.3 Å². The van der Waals surface area contributed by atoms with Crippen LogP contribution in [0.4, 0.5) is 20.8 Å². The molecule has 2 atom stereocenters. The Morgan fingerprint density at radius 1 is 0.925 bits per heavy atom. The molecule has 1 amide bonds. The van der Waals surface area contributed by atoms with Crippen LogP contribution in [0.25, 0.3) is 22.0 Å². The van der Waals surface area contributed by atoms with E-state index in [0.717, 1.165) is 36.8 Å². The molecule has 53 heavy (non-hydrogen) atoms. The average Bonchev–Trinajstić information content (AvgIpc) is 3.17. The number of likely N-dealkylation sites (tertiary alicyclic amines) is 1. The molecule has 0 bridgehead atoms. The number of nitrogens with one attached hydrogen (secondary N) is 2. The van der Waals surface area contributed by atoms with E-state index in [9.17, 15) is 13.2 Å². The number of nitrogens with zero attached hydrogens (tertiary/aromatic N) is 4. The van der Waals surface area contributed by atoms with Gasteiger partial charge >= 0.3 is 6.09 Å². The van der Waals surface area contributed by atoms with Gasteiger partial charge in [-0.15, -0.1) is 0 Å². The number of hydrogen-bond donors (Lipinski definition) is 2. The van der Waals surface area contributed by atoms with Gasteiger partial charge in [0, 0.05) is 42.3 Å². The SMILES string of the molecule is Cc1ccc2c(NS(=O)(=O)C3CCCCC3)c(F)ccc2c1Oc1ncccc1-c1ccnc(N[C@H]2C[C@@H](C)CN(C(=O)OCc3ccccc3)C2)n1. The van der Waals surface area contributed by atoms with Gasteiger partial charge in [0.1, 0.15) is 18.2 Å². The Labute approximate surface area is 309 Å². The minimum Gasteiger partial charge on any atom is -0.445 e. The standard InChI is InChI=1S/C40H43FN6O5S/c1-26-22-29(24-47(23-26)40(48)51-25-28-10-5-3-6-11-28)44-39-43-21-19-35(45-39)33-14-9-20-42-38(33)52-37-27(2)15-16-31-32(37)17-18-34(41)36(31)46-53(49,50)30-12-7-4-8-13-30/h3,5-6,9-11,14-21,26,29-30,46H,4,7-8,12-13,22-25H2,1-2H3,(H,43,44,45)/t26-,29+/m1/s1. The minimum atomic E-state index is -3.80. The molecule has 11 nitrogen and oxygen atoms in total. The van der Waals surface area contributed by atoms with E-state index >= 15 is 4.39 Å². The van der Waals surface area contributed by atoms with E-state index in [1.807, 2.05) is 43.3 Å². The van der Waals surface area contributed by atoms with Crippen molar-refractivity contribution >= 4 is 38.5 Å². The van der Waals surface area contributed by atoms with Crippen LogP contribution in [-0.2, 0) is 21.4 Å². The highest BCUT2D eigenvalue weighted by Gasteiger charge is 2.31. The maximum atomic E-state index is 15.3. The lowest BCUT2D eigenvalue weighted by Crippen LogP contribution is -2.48. The van der Waals surface area contributed by atoms with Crippen molar-refractivity contribution in [3.05, 3.63) is 102 Å². The van der Waals surface area contributed by atoms with Crippen LogP contribution >= 0.6 is 0 Å². The highest BCUT2D eigenvalue weighted by atomic mass is 32.2. The predicted octanol–water partition coefficient (Wildman–Crippen LogP) is 8.47. The number of sulfonamides is 1. The third kappa shape index (κ3) is 8.35. The molecule has 3 heterocycles. The number of ether oxygens (including phenoxy) is 2. The molecule has 1 saturated carbocycles. The summed E-state index contributed by atoms with van der Waals surface area (Å²) in [6.45, 7) is 5.20. The van der Waals surface area contributed by atoms with Crippen LogP contribution in [0.1, 0.15) is 56.6 Å². The number of halogens is 1. The van der Waals surface area contributed by atoms with Gasteiger partial charge in [0.05, 0.1) is 22.2 Å². The van der Waals surface area contributed by atoms with Gasteiger partial charge in [-0.25, -0.2) is 32.6 Å². The molecule has 5 aromatic rings. The van der Waals surface area contributed by atoms with Crippen molar-refractivity contribution in [3.8, 4) is 22.9 Å². The van der Waals surface area contributed by atoms with E-state index in [2.05, 4.69) is 26.9 Å². The van der Waals surface area contributed by atoms with E-state index in [1.165, 1.54) is 6.07 Å². The summed E-state index contributed by atoms with van der Waals surface area (Å²) in [4.78, 5) is 28.5. The Hall–Kier alpha value is -5.30. The first-order valence-corrected chi connectivity index (χ1v) is 19.6. The summed E-state index contributed by atoms with van der Waals surface area (Å²) in [6.07, 6.45) is 7.50. The molecule has 3 aromatic carbocycles. The molecule has 1 aliphatic carbocycles. The number of carbonyl (C=O) groups excluding carboxylic acids is 1. The Kier molecular flexibility index (Phi) is 10.7. The average molecular weight is 739 g/mol.